The summed E-state index contributed by atoms with van der Waals surface area (Å²) in [4.78, 5) is 14.2. The Bertz CT molecular complexity index is 745. The van der Waals surface area contributed by atoms with Gasteiger partial charge in [-0.15, -0.1) is 0 Å². The molecule has 27 heavy (non-hydrogen) atoms. The van der Waals surface area contributed by atoms with Crippen molar-refractivity contribution in [2.24, 2.45) is 5.92 Å². The summed E-state index contributed by atoms with van der Waals surface area (Å²) < 4.78 is 10.8. The molecule has 4 heteroatoms. The summed E-state index contributed by atoms with van der Waals surface area (Å²) in [5.74, 6) is 1.01. The average molecular weight is 367 g/mol. The zero-order valence-corrected chi connectivity index (χ0v) is 16.8. The fraction of sp³-hybridized carbons (Fsp3) is 0.348. The predicted molar refractivity (Wildman–Crippen MR) is 110 cm³/mol. The molecule has 0 saturated carbocycles. The Balaban J connectivity index is 2.18. The van der Waals surface area contributed by atoms with Gasteiger partial charge in [0.05, 0.1) is 12.8 Å². The van der Waals surface area contributed by atoms with Crippen molar-refractivity contribution in [1.29, 1.82) is 0 Å². The van der Waals surface area contributed by atoms with E-state index in [9.17, 15) is 4.79 Å². The van der Waals surface area contributed by atoms with Gasteiger partial charge in [-0.3, -0.25) is 4.90 Å². The number of allylic oxidation sites excluding steroid dienone is 1. The Morgan fingerprint density at radius 3 is 2.26 bits per heavy atom. The number of carbonyl (C=O) groups is 1. The molecule has 1 atom stereocenters. The van der Waals surface area contributed by atoms with E-state index in [0.717, 1.165) is 17.9 Å². The molecule has 0 N–H and O–H groups in total. The largest absolute Gasteiger partial charge is 0.497 e. The quantitative estimate of drug-likeness (QED) is 0.645. The lowest BCUT2D eigenvalue weighted by atomic mass is 10.0. The van der Waals surface area contributed by atoms with Gasteiger partial charge in [0.25, 0.3) is 0 Å². The van der Waals surface area contributed by atoms with Crippen LogP contribution in [0.15, 0.2) is 66.9 Å². The summed E-state index contributed by atoms with van der Waals surface area (Å²) in [7, 11) is 1.62. The van der Waals surface area contributed by atoms with Crippen LogP contribution in [0.3, 0.4) is 0 Å². The van der Waals surface area contributed by atoms with E-state index in [2.05, 4.69) is 19.1 Å². The summed E-state index contributed by atoms with van der Waals surface area (Å²) in [5, 5.41) is 0. The van der Waals surface area contributed by atoms with Gasteiger partial charge in [0.15, 0.2) is 0 Å². The molecule has 4 nitrogen and oxygen atoms in total. The molecule has 0 heterocycles. The van der Waals surface area contributed by atoms with Crippen molar-refractivity contribution in [3.63, 3.8) is 0 Å². The molecule has 0 bridgehead atoms. The number of amides is 1. The Morgan fingerprint density at radius 1 is 1.07 bits per heavy atom. The third-order valence-electron chi connectivity index (χ3n) is 3.90. The third kappa shape index (κ3) is 6.81. The molecule has 0 aliphatic heterocycles. The van der Waals surface area contributed by atoms with E-state index in [1.807, 2.05) is 69.3 Å². The fourth-order valence-electron chi connectivity index (χ4n) is 2.59. The molecule has 2 rings (SSSR count). The van der Waals surface area contributed by atoms with Gasteiger partial charge in [0.1, 0.15) is 11.4 Å². The zero-order valence-electron chi connectivity index (χ0n) is 16.8. The Morgan fingerprint density at radius 2 is 1.70 bits per heavy atom. The second kappa shape index (κ2) is 9.26. The van der Waals surface area contributed by atoms with E-state index in [1.165, 1.54) is 10.5 Å². The van der Waals surface area contributed by atoms with Crippen molar-refractivity contribution in [1.82, 2.24) is 0 Å². The van der Waals surface area contributed by atoms with Crippen LogP contribution in [0.5, 0.6) is 5.75 Å². The minimum atomic E-state index is -0.564. The van der Waals surface area contributed by atoms with Gasteiger partial charge in [0.2, 0.25) is 0 Å². The number of hydrogen-bond donors (Lipinski definition) is 0. The molecule has 144 valence electrons. The van der Waals surface area contributed by atoms with Gasteiger partial charge in [-0.25, -0.2) is 4.79 Å². The van der Waals surface area contributed by atoms with Gasteiger partial charge >= 0.3 is 6.09 Å². The molecule has 0 unspecified atom stereocenters. The molecule has 0 fully saturated rings. The van der Waals surface area contributed by atoms with Crippen molar-refractivity contribution < 1.29 is 14.3 Å². The average Bonchev–Trinajstić information content (AvgIpc) is 2.61. The Labute approximate surface area is 162 Å². The van der Waals surface area contributed by atoms with E-state index in [4.69, 9.17) is 9.47 Å². The minimum Gasteiger partial charge on any atom is -0.497 e. The highest BCUT2D eigenvalue weighted by Crippen LogP contribution is 2.23. The van der Waals surface area contributed by atoms with Crippen LogP contribution in [0.1, 0.15) is 33.3 Å². The van der Waals surface area contributed by atoms with Gasteiger partial charge in [-0.2, -0.15) is 0 Å². The van der Waals surface area contributed by atoms with Crippen LogP contribution >= 0.6 is 0 Å². The second-order valence-electron chi connectivity index (χ2n) is 7.56. The highest BCUT2D eigenvalue weighted by molar-refractivity contribution is 5.90. The normalized spacial score (nSPS) is 12.6. The first-order valence-electron chi connectivity index (χ1n) is 9.17. The van der Waals surface area contributed by atoms with Crippen LogP contribution in [0.4, 0.5) is 10.5 Å². The number of benzene rings is 2. The first-order valence-corrected chi connectivity index (χ1v) is 9.17. The van der Waals surface area contributed by atoms with Crippen molar-refractivity contribution in [2.45, 2.75) is 39.7 Å². The van der Waals surface area contributed by atoms with Crippen molar-refractivity contribution in [2.75, 3.05) is 12.0 Å². The van der Waals surface area contributed by atoms with E-state index in [0.29, 0.717) is 0 Å². The number of anilines is 1. The molecular formula is C23H29NO3. The minimum absolute atomic E-state index is 0.274. The van der Waals surface area contributed by atoms with Crippen LogP contribution in [0, 0.1) is 5.92 Å². The molecule has 0 aromatic heterocycles. The Hall–Kier alpha value is -2.75. The van der Waals surface area contributed by atoms with E-state index < -0.39 is 11.7 Å². The predicted octanol–water partition coefficient (Wildman–Crippen LogP) is 5.83. The lowest BCUT2D eigenvalue weighted by Crippen LogP contribution is -2.33. The lowest BCUT2D eigenvalue weighted by Gasteiger charge is -2.25. The van der Waals surface area contributed by atoms with Crippen molar-refractivity contribution >= 4 is 11.8 Å². The van der Waals surface area contributed by atoms with Gasteiger partial charge < -0.3 is 9.47 Å². The molecular weight excluding hydrogens is 338 g/mol. The molecule has 0 radical (unpaired) electrons. The van der Waals surface area contributed by atoms with Gasteiger partial charge in [-0.1, -0.05) is 43.3 Å². The van der Waals surface area contributed by atoms with Crippen LogP contribution in [-0.2, 0) is 11.2 Å². The standard InChI is InChI=1S/C23H29NO3/c1-18(17-19-9-7-6-8-10-19)15-16-24(22(25)27-23(2,3)4)20-11-13-21(26-5)14-12-20/h6-16,18H,17H2,1-5H3/b16-15-/t18-/m1/s1. The molecule has 0 aliphatic carbocycles. The topological polar surface area (TPSA) is 38.8 Å². The molecule has 2 aromatic rings. The van der Waals surface area contributed by atoms with Crippen LogP contribution < -0.4 is 9.64 Å². The number of methoxy groups -OCH3 is 1. The van der Waals surface area contributed by atoms with Crippen molar-refractivity contribution in [3.05, 3.63) is 72.4 Å². The van der Waals surface area contributed by atoms with Crippen molar-refractivity contribution in [3.8, 4) is 5.75 Å². The first kappa shape index (κ1) is 20.6. The summed E-state index contributed by atoms with van der Waals surface area (Å²) >= 11 is 0. The Kier molecular flexibility index (Phi) is 7.05. The molecule has 0 saturated heterocycles. The lowest BCUT2D eigenvalue weighted by molar-refractivity contribution is 0.0596. The SMILES string of the molecule is COc1ccc(N(/C=C\[C@@H](C)Cc2ccccc2)C(=O)OC(C)(C)C)cc1. The van der Waals surface area contributed by atoms with Gasteiger partial charge in [-0.05, 0) is 62.9 Å². The molecule has 1 amide bonds. The summed E-state index contributed by atoms with van der Waals surface area (Å²) in [6.45, 7) is 7.71. The van der Waals surface area contributed by atoms with Crippen LogP contribution in [-0.4, -0.2) is 18.8 Å². The summed E-state index contributed by atoms with van der Waals surface area (Å²) in [6, 6.07) is 17.6. The zero-order chi connectivity index (χ0) is 19.9. The number of rotatable bonds is 6. The smallest absolute Gasteiger partial charge is 0.418 e. The third-order valence-corrected chi connectivity index (χ3v) is 3.90. The second-order valence-corrected chi connectivity index (χ2v) is 7.56. The molecule has 0 aliphatic rings. The summed E-state index contributed by atoms with van der Waals surface area (Å²) in [5.41, 5.74) is 1.43. The highest BCUT2D eigenvalue weighted by atomic mass is 16.6. The fourth-order valence-corrected chi connectivity index (χ4v) is 2.59. The number of nitrogens with zero attached hydrogens (tertiary/aromatic N) is 1. The number of ether oxygens (including phenoxy) is 2. The van der Waals surface area contributed by atoms with E-state index >= 15 is 0 Å². The highest BCUT2D eigenvalue weighted by Gasteiger charge is 2.22. The van der Waals surface area contributed by atoms with E-state index in [-0.39, 0.29) is 5.92 Å². The monoisotopic (exact) mass is 367 g/mol. The number of carbonyl (C=O) groups excluding carboxylic acids is 1. The molecule has 0 spiro atoms. The maximum atomic E-state index is 12.7. The maximum absolute atomic E-state index is 12.7. The summed E-state index contributed by atoms with van der Waals surface area (Å²) in [6.07, 6.45) is 4.32. The van der Waals surface area contributed by atoms with Crippen LogP contribution in [0.25, 0.3) is 0 Å². The maximum Gasteiger partial charge on any atom is 0.418 e. The molecule has 2 aromatic carbocycles. The first-order chi connectivity index (χ1) is 12.8. The number of hydrogen-bond acceptors (Lipinski definition) is 3. The van der Waals surface area contributed by atoms with Crippen LogP contribution in [0.2, 0.25) is 0 Å². The van der Waals surface area contributed by atoms with E-state index in [1.54, 1.807) is 13.3 Å². The van der Waals surface area contributed by atoms with Gasteiger partial charge in [0, 0.05) is 6.20 Å².